The van der Waals surface area contributed by atoms with E-state index in [2.05, 4.69) is 0 Å². The molecule has 1 atom stereocenters. The molecule has 1 saturated heterocycles. The first kappa shape index (κ1) is 16.0. The zero-order valence-corrected chi connectivity index (χ0v) is 13.0. The average Bonchev–Trinajstić information content (AvgIpc) is 2.96. The summed E-state index contributed by atoms with van der Waals surface area (Å²) >= 11 is 0. The van der Waals surface area contributed by atoms with E-state index in [1.807, 2.05) is 19.1 Å². The second kappa shape index (κ2) is 7.03. The molecule has 0 aliphatic carbocycles. The highest BCUT2D eigenvalue weighted by atomic mass is 32.2. The third-order valence-corrected chi connectivity index (χ3v) is 5.39. The summed E-state index contributed by atoms with van der Waals surface area (Å²) in [5.74, 6) is 0. The maximum Gasteiger partial charge on any atom is 0.243 e. The quantitative estimate of drug-likeness (QED) is 0.806. The number of rotatable bonds is 6. The lowest BCUT2D eigenvalue weighted by molar-refractivity contribution is 0.0941. The van der Waals surface area contributed by atoms with Gasteiger partial charge in [0.15, 0.2) is 0 Å². The summed E-state index contributed by atoms with van der Waals surface area (Å²) < 4.78 is 32.4. The predicted octanol–water partition coefficient (Wildman–Crippen LogP) is 2.08. The third-order valence-electron chi connectivity index (χ3n) is 3.53. The molecule has 0 N–H and O–H groups in total. The van der Waals surface area contributed by atoms with Gasteiger partial charge < -0.3 is 4.74 Å². The van der Waals surface area contributed by atoms with Crippen LogP contribution in [0.25, 0.3) is 0 Å². The maximum atomic E-state index is 12.7. The molecule has 114 valence electrons. The van der Waals surface area contributed by atoms with Crippen molar-refractivity contribution < 1.29 is 13.2 Å². The van der Waals surface area contributed by atoms with Crippen LogP contribution in [0, 0.1) is 18.3 Å². The normalized spacial score (nSPS) is 18.8. The van der Waals surface area contributed by atoms with Gasteiger partial charge in [-0.2, -0.15) is 9.57 Å². The molecule has 1 fully saturated rings. The largest absolute Gasteiger partial charge is 0.377 e. The summed E-state index contributed by atoms with van der Waals surface area (Å²) in [7, 11) is -3.58. The molecule has 1 aliphatic heterocycles. The molecule has 1 aromatic rings. The zero-order chi connectivity index (χ0) is 15.3. The monoisotopic (exact) mass is 308 g/mol. The minimum atomic E-state index is -3.58. The van der Waals surface area contributed by atoms with Gasteiger partial charge in [0.2, 0.25) is 10.0 Å². The summed E-state index contributed by atoms with van der Waals surface area (Å²) in [6.07, 6.45) is 1.94. The smallest absolute Gasteiger partial charge is 0.243 e. The van der Waals surface area contributed by atoms with Crippen molar-refractivity contribution in [3.05, 3.63) is 29.8 Å². The van der Waals surface area contributed by atoms with Gasteiger partial charge in [0, 0.05) is 26.1 Å². The molecule has 0 saturated carbocycles. The Labute approximate surface area is 126 Å². The van der Waals surface area contributed by atoms with Gasteiger partial charge in [0.05, 0.1) is 17.1 Å². The van der Waals surface area contributed by atoms with E-state index in [0.29, 0.717) is 13.2 Å². The van der Waals surface area contributed by atoms with Crippen molar-refractivity contribution >= 4 is 10.0 Å². The molecular formula is C15H20N2O3S. The Morgan fingerprint density at radius 1 is 1.48 bits per heavy atom. The highest BCUT2D eigenvalue weighted by Gasteiger charge is 2.28. The van der Waals surface area contributed by atoms with Crippen molar-refractivity contribution in [2.45, 2.75) is 37.2 Å². The van der Waals surface area contributed by atoms with E-state index in [-0.39, 0.29) is 24.0 Å². The minimum Gasteiger partial charge on any atom is -0.377 e. The molecule has 1 aliphatic rings. The van der Waals surface area contributed by atoms with Gasteiger partial charge >= 0.3 is 0 Å². The van der Waals surface area contributed by atoms with E-state index in [9.17, 15) is 8.42 Å². The number of hydrogen-bond donors (Lipinski definition) is 0. The van der Waals surface area contributed by atoms with E-state index in [4.69, 9.17) is 10.00 Å². The highest BCUT2D eigenvalue weighted by molar-refractivity contribution is 7.89. The van der Waals surface area contributed by atoms with Crippen molar-refractivity contribution in [3.8, 4) is 6.07 Å². The minimum absolute atomic E-state index is 0.0664. The standard InChI is InChI=1S/C15H20N2O3S/c1-13-5-2-7-15(11-13)21(18,19)17(9-4-8-16)12-14-6-3-10-20-14/h2,5,7,11,14H,3-4,6,9-10,12H2,1H3. The Hall–Kier alpha value is -1.42. The van der Waals surface area contributed by atoms with Crippen molar-refractivity contribution in [1.29, 1.82) is 5.26 Å². The Morgan fingerprint density at radius 3 is 2.90 bits per heavy atom. The number of nitrogens with zero attached hydrogens (tertiary/aromatic N) is 2. The molecule has 2 rings (SSSR count). The molecule has 0 bridgehead atoms. The first-order chi connectivity index (χ1) is 10.0. The lowest BCUT2D eigenvalue weighted by atomic mass is 10.2. The van der Waals surface area contributed by atoms with Gasteiger partial charge in [0.1, 0.15) is 0 Å². The summed E-state index contributed by atoms with van der Waals surface area (Å²) in [6.45, 7) is 3.06. The molecular weight excluding hydrogens is 288 g/mol. The summed E-state index contributed by atoms with van der Waals surface area (Å²) in [4.78, 5) is 0.276. The topological polar surface area (TPSA) is 70.4 Å². The van der Waals surface area contributed by atoms with Crippen molar-refractivity contribution in [2.24, 2.45) is 0 Å². The number of hydrogen-bond acceptors (Lipinski definition) is 4. The molecule has 1 unspecified atom stereocenters. The SMILES string of the molecule is Cc1cccc(S(=O)(=O)N(CCC#N)CC2CCCO2)c1. The van der Waals surface area contributed by atoms with Crippen LogP contribution in [-0.4, -0.2) is 38.5 Å². The Morgan fingerprint density at radius 2 is 2.29 bits per heavy atom. The summed E-state index contributed by atoms with van der Waals surface area (Å²) in [5.41, 5.74) is 0.897. The number of nitriles is 1. The molecule has 21 heavy (non-hydrogen) atoms. The van der Waals surface area contributed by atoms with Gasteiger partial charge in [-0.25, -0.2) is 8.42 Å². The van der Waals surface area contributed by atoms with Gasteiger partial charge in [-0.05, 0) is 37.5 Å². The number of benzene rings is 1. The number of ether oxygens (including phenoxy) is 1. The molecule has 0 radical (unpaired) electrons. The first-order valence-electron chi connectivity index (χ1n) is 7.09. The third kappa shape index (κ3) is 4.03. The second-order valence-electron chi connectivity index (χ2n) is 5.22. The van der Waals surface area contributed by atoms with Crippen LogP contribution >= 0.6 is 0 Å². The van der Waals surface area contributed by atoms with Gasteiger partial charge in [0.25, 0.3) is 0 Å². The van der Waals surface area contributed by atoms with Gasteiger partial charge in [-0.3, -0.25) is 0 Å². The van der Waals surface area contributed by atoms with Gasteiger partial charge in [-0.1, -0.05) is 12.1 Å². The summed E-state index contributed by atoms with van der Waals surface area (Å²) in [5, 5.41) is 8.75. The molecule has 1 aromatic carbocycles. The Kier molecular flexibility index (Phi) is 5.34. The molecule has 1 heterocycles. The fourth-order valence-electron chi connectivity index (χ4n) is 2.42. The van der Waals surface area contributed by atoms with E-state index < -0.39 is 10.0 Å². The van der Waals surface area contributed by atoms with Crippen LogP contribution in [0.2, 0.25) is 0 Å². The summed E-state index contributed by atoms with van der Waals surface area (Å²) in [6, 6.07) is 8.86. The second-order valence-corrected chi connectivity index (χ2v) is 7.16. The van der Waals surface area contributed by atoms with Gasteiger partial charge in [-0.15, -0.1) is 0 Å². The van der Waals surface area contributed by atoms with Crippen LogP contribution in [-0.2, 0) is 14.8 Å². The van der Waals surface area contributed by atoms with Crippen LogP contribution in [0.3, 0.4) is 0 Å². The highest BCUT2D eigenvalue weighted by Crippen LogP contribution is 2.21. The first-order valence-corrected chi connectivity index (χ1v) is 8.53. The van der Waals surface area contributed by atoms with Crippen molar-refractivity contribution in [2.75, 3.05) is 19.7 Å². The van der Waals surface area contributed by atoms with Crippen LogP contribution in [0.5, 0.6) is 0 Å². The molecule has 0 amide bonds. The Bertz CT molecular complexity index is 616. The van der Waals surface area contributed by atoms with E-state index in [1.165, 1.54) is 4.31 Å². The zero-order valence-electron chi connectivity index (χ0n) is 12.2. The maximum absolute atomic E-state index is 12.7. The van der Waals surface area contributed by atoms with Crippen molar-refractivity contribution in [3.63, 3.8) is 0 Å². The molecule has 6 heteroatoms. The molecule has 0 aromatic heterocycles. The van der Waals surface area contributed by atoms with E-state index >= 15 is 0 Å². The average molecular weight is 308 g/mol. The van der Waals surface area contributed by atoms with E-state index in [1.54, 1.807) is 18.2 Å². The van der Waals surface area contributed by atoms with Crippen LogP contribution in [0.1, 0.15) is 24.8 Å². The van der Waals surface area contributed by atoms with Crippen LogP contribution < -0.4 is 0 Å². The molecule has 5 nitrogen and oxygen atoms in total. The molecule has 0 spiro atoms. The van der Waals surface area contributed by atoms with Crippen LogP contribution in [0.15, 0.2) is 29.2 Å². The predicted molar refractivity (Wildman–Crippen MR) is 79.1 cm³/mol. The fourth-order valence-corrected chi connectivity index (χ4v) is 4.00. The fraction of sp³-hybridized carbons (Fsp3) is 0.533. The number of aryl methyl sites for hydroxylation is 1. The Balaban J connectivity index is 2.23. The van der Waals surface area contributed by atoms with Crippen LogP contribution in [0.4, 0.5) is 0 Å². The lowest BCUT2D eigenvalue weighted by Crippen LogP contribution is -2.38. The van der Waals surface area contributed by atoms with Crippen molar-refractivity contribution in [1.82, 2.24) is 4.31 Å². The lowest BCUT2D eigenvalue weighted by Gasteiger charge is -2.24. The van der Waals surface area contributed by atoms with E-state index in [0.717, 1.165) is 18.4 Å². The number of sulfonamides is 1.